The maximum atomic E-state index is 3.72. The van der Waals surface area contributed by atoms with Crippen molar-refractivity contribution < 1.29 is 0 Å². The maximum Gasteiger partial charge on any atom is 0.0451 e. The van der Waals surface area contributed by atoms with Crippen LogP contribution in [0.2, 0.25) is 0 Å². The number of hydrogen-bond acceptors (Lipinski definition) is 2. The quantitative estimate of drug-likeness (QED) is 0.493. The Morgan fingerprint density at radius 2 is 1.00 bits per heavy atom. The lowest BCUT2D eigenvalue weighted by molar-refractivity contribution is 1.20. The average Bonchev–Trinajstić information content (AvgIpc) is 1.72. The molecule has 0 atom stereocenters. The summed E-state index contributed by atoms with van der Waals surface area (Å²) in [6.07, 6.45) is 6.56. The van der Waals surface area contributed by atoms with Crippen LogP contribution in [-0.2, 0) is 0 Å². The highest BCUT2D eigenvalue weighted by Gasteiger charge is 1.59. The fraction of sp³-hybridized carbons (Fsp3) is 0. The van der Waals surface area contributed by atoms with E-state index in [1.54, 1.807) is 24.8 Å². The van der Waals surface area contributed by atoms with E-state index in [1.165, 1.54) is 0 Å². The summed E-state index contributed by atoms with van der Waals surface area (Å²) in [5.74, 6) is 0. The lowest BCUT2D eigenvalue weighted by Crippen LogP contribution is -1.66. The summed E-state index contributed by atoms with van der Waals surface area (Å²) in [7, 11) is 0. The van der Waals surface area contributed by atoms with Crippen LogP contribution in [0.3, 0.4) is 0 Å². The summed E-state index contributed by atoms with van der Waals surface area (Å²) in [5.41, 5.74) is 0. The van der Waals surface area contributed by atoms with Crippen LogP contribution in [0.25, 0.3) is 0 Å². The molecule has 0 spiro atoms. The Morgan fingerprint density at radius 1 is 0.714 bits per heavy atom. The van der Waals surface area contributed by atoms with E-state index < -0.39 is 0 Å². The van der Waals surface area contributed by atoms with Crippen LogP contribution in [0.5, 0.6) is 0 Å². The Morgan fingerprint density at radius 3 is 1.14 bits per heavy atom. The number of nitrogens with zero attached hydrogens (tertiary/aromatic N) is 2. The average molecular weight is 114 g/mol. The molecule has 1 aromatic heterocycles. The van der Waals surface area contributed by atoms with Gasteiger partial charge < -0.3 is 0 Å². The van der Waals surface area contributed by atoms with Gasteiger partial charge in [-0.3, -0.25) is 9.97 Å². The van der Waals surface area contributed by atoms with Gasteiger partial charge in [0.15, 0.2) is 0 Å². The maximum absolute atomic E-state index is 3.72. The van der Waals surface area contributed by atoms with Gasteiger partial charge in [0.2, 0.25) is 0 Å². The van der Waals surface area contributed by atoms with E-state index in [9.17, 15) is 0 Å². The van der Waals surface area contributed by atoms with Crippen LogP contribution in [-0.4, -0.2) is 9.97 Å². The lowest BCUT2D eigenvalue weighted by atomic mass is 10.8. The Bertz CT molecular complexity index is 81.6. The molecular formula is C4H6N2S. The van der Waals surface area contributed by atoms with Crippen LogP contribution in [0.1, 0.15) is 0 Å². The largest absolute Gasteiger partial charge is 0.262 e. The first-order valence-corrected chi connectivity index (χ1v) is 1.70. The van der Waals surface area contributed by atoms with Gasteiger partial charge in [-0.25, -0.2) is 0 Å². The van der Waals surface area contributed by atoms with Gasteiger partial charge in [0, 0.05) is 24.8 Å². The molecule has 0 saturated carbocycles. The molecule has 1 rings (SSSR count). The molecule has 0 fully saturated rings. The first-order valence-electron chi connectivity index (χ1n) is 1.70. The van der Waals surface area contributed by atoms with Crippen molar-refractivity contribution in [2.45, 2.75) is 0 Å². The summed E-state index contributed by atoms with van der Waals surface area (Å²) >= 11 is 0. The number of rotatable bonds is 0. The highest BCUT2D eigenvalue weighted by Crippen LogP contribution is 1.65. The Labute approximate surface area is 49.1 Å². The molecule has 0 unspecified atom stereocenters. The van der Waals surface area contributed by atoms with Crippen LogP contribution >= 0.6 is 13.5 Å². The summed E-state index contributed by atoms with van der Waals surface area (Å²) < 4.78 is 0. The van der Waals surface area contributed by atoms with E-state index in [0.717, 1.165) is 0 Å². The molecule has 3 heteroatoms. The van der Waals surface area contributed by atoms with Crippen molar-refractivity contribution in [3.63, 3.8) is 0 Å². The molecule has 0 radical (unpaired) electrons. The highest BCUT2D eigenvalue weighted by molar-refractivity contribution is 7.59. The third kappa shape index (κ3) is 2.17. The fourth-order valence-corrected chi connectivity index (χ4v) is 0.253. The molecule has 0 bridgehead atoms. The summed E-state index contributed by atoms with van der Waals surface area (Å²) in [5, 5.41) is 0. The molecule has 0 aliphatic rings. The normalized spacial score (nSPS) is 6.86. The number of hydrogen-bond donors (Lipinski definition) is 0. The molecule has 0 N–H and O–H groups in total. The highest BCUT2D eigenvalue weighted by atomic mass is 32.1. The van der Waals surface area contributed by atoms with E-state index >= 15 is 0 Å². The van der Waals surface area contributed by atoms with E-state index in [2.05, 4.69) is 9.97 Å². The molecule has 2 nitrogen and oxygen atoms in total. The molecule has 0 aliphatic heterocycles. The Hall–Kier alpha value is -0.570. The van der Waals surface area contributed by atoms with Gasteiger partial charge >= 0.3 is 0 Å². The SMILES string of the molecule is S.c1cnccn1. The molecule has 1 aromatic rings. The molecule has 0 saturated heterocycles. The van der Waals surface area contributed by atoms with E-state index in [1.807, 2.05) is 0 Å². The Kier molecular flexibility index (Phi) is 3.32. The Balaban J connectivity index is 0.000000360. The first-order chi connectivity index (χ1) is 3.00. The molecule has 0 amide bonds. The first kappa shape index (κ1) is 6.43. The topological polar surface area (TPSA) is 25.8 Å². The van der Waals surface area contributed by atoms with Crippen molar-refractivity contribution >= 4 is 13.5 Å². The van der Waals surface area contributed by atoms with Gasteiger partial charge in [0.05, 0.1) is 0 Å². The third-order valence-corrected chi connectivity index (χ3v) is 0.478. The molecule has 0 aliphatic carbocycles. The summed E-state index contributed by atoms with van der Waals surface area (Å²) in [6.45, 7) is 0. The third-order valence-electron chi connectivity index (χ3n) is 0.478. The second-order valence-electron chi connectivity index (χ2n) is 0.894. The van der Waals surface area contributed by atoms with Gasteiger partial charge in [-0.15, -0.1) is 0 Å². The second-order valence-corrected chi connectivity index (χ2v) is 0.894. The van der Waals surface area contributed by atoms with Crippen molar-refractivity contribution in [2.24, 2.45) is 0 Å². The zero-order valence-electron chi connectivity index (χ0n) is 3.70. The van der Waals surface area contributed by atoms with Gasteiger partial charge in [-0.05, 0) is 0 Å². The second kappa shape index (κ2) is 3.61. The van der Waals surface area contributed by atoms with Crippen LogP contribution in [0.15, 0.2) is 24.8 Å². The standard InChI is InChI=1S/C4H4N2.H2S/c1-2-6-4-3-5-1;/h1-4H;1H2. The minimum atomic E-state index is 0. The predicted molar refractivity (Wildman–Crippen MR) is 32.4 cm³/mol. The van der Waals surface area contributed by atoms with Gasteiger partial charge in [0.1, 0.15) is 0 Å². The van der Waals surface area contributed by atoms with Gasteiger partial charge in [-0.2, -0.15) is 13.5 Å². The summed E-state index contributed by atoms with van der Waals surface area (Å²) in [6, 6.07) is 0. The van der Waals surface area contributed by atoms with E-state index in [4.69, 9.17) is 0 Å². The summed E-state index contributed by atoms with van der Waals surface area (Å²) in [4.78, 5) is 7.44. The molecule has 0 aromatic carbocycles. The zero-order chi connectivity index (χ0) is 4.24. The minimum absolute atomic E-state index is 0. The van der Waals surface area contributed by atoms with E-state index in [-0.39, 0.29) is 13.5 Å². The molecule has 1 heterocycles. The molecule has 38 valence electrons. The van der Waals surface area contributed by atoms with Crippen molar-refractivity contribution in [2.75, 3.05) is 0 Å². The molecular weight excluding hydrogens is 108 g/mol. The predicted octanol–water partition coefficient (Wildman–Crippen LogP) is 0.589. The van der Waals surface area contributed by atoms with Crippen molar-refractivity contribution in [3.05, 3.63) is 24.8 Å². The monoisotopic (exact) mass is 114 g/mol. The van der Waals surface area contributed by atoms with Crippen LogP contribution < -0.4 is 0 Å². The number of aromatic nitrogens is 2. The van der Waals surface area contributed by atoms with Crippen LogP contribution in [0, 0.1) is 0 Å². The van der Waals surface area contributed by atoms with Crippen molar-refractivity contribution in [1.82, 2.24) is 9.97 Å². The van der Waals surface area contributed by atoms with Gasteiger partial charge in [-0.1, -0.05) is 0 Å². The van der Waals surface area contributed by atoms with Crippen molar-refractivity contribution in [3.8, 4) is 0 Å². The molecule has 7 heavy (non-hydrogen) atoms. The van der Waals surface area contributed by atoms with Gasteiger partial charge in [0.25, 0.3) is 0 Å². The van der Waals surface area contributed by atoms with Crippen molar-refractivity contribution in [1.29, 1.82) is 0 Å². The zero-order valence-corrected chi connectivity index (χ0v) is 4.70. The van der Waals surface area contributed by atoms with Crippen LogP contribution in [0.4, 0.5) is 0 Å². The lowest BCUT2D eigenvalue weighted by Gasteiger charge is -1.70. The minimum Gasteiger partial charge on any atom is -0.262 e. The van der Waals surface area contributed by atoms with E-state index in [0.29, 0.717) is 0 Å². The fourth-order valence-electron chi connectivity index (χ4n) is 0.253. The smallest absolute Gasteiger partial charge is 0.0451 e.